The molecular weight excluding hydrogens is 310 g/mol. The predicted molar refractivity (Wildman–Crippen MR) is 77.8 cm³/mol. The molecule has 0 spiro atoms. The summed E-state index contributed by atoms with van der Waals surface area (Å²) in [5.41, 5.74) is 0.354. The zero-order valence-electron chi connectivity index (χ0n) is 11.8. The first-order valence-corrected chi connectivity index (χ1v) is 6.81. The first-order chi connectivity index (χ1) is 10.9. The lowest BCUT2D eigenvalue weighted by atomic mass is 10.1. The third kappa shape index (κ3) is 2.84. The van der Waals surface area contributed by atoms with Gasteiger partial charge in [0.2, 0.25) is 0 Å². The number of alkyl halides is 3. The first-order valence-electron chi connectivity index (χ1n) is 6.81. The average molecular weight is 321 g/mol. The highest BCUT2D eigenvalue weighted by molar-refractivity contribution is 6.10. The molecule has 1 aromatic heterocycles. The van der Waals surface area contributed by atoms with Crippen molar-refractivity contribution in [3.8, 4) is 0 Å². The highest BCUT2D eigenvalue weighted by atomic mass is 19.4. The molecule has 23 heavy (non-hydrogen) atoms. The van der Waals surface area contributed by atoms with Crippen molar-refractivity contribution in [2.24, 2.45) is 0 Å². The SMILES string of the molecule is O=C(c1cn(Cc2ccccc2F)c2ccccc12)C(F)(F)F. The summed E-state index contributed by atoms with van der Waals surface area (Å²) in [6, 6.07) is 12.3. The lowest BCUT2D eigenvalue weighted by Crippen LogP contribution is -2.22. The van der Waals surface area contributed by atoms with Crippen LogP contribution in [0, 0.1) is 5.82 Å². The van der Waals surface area contributed by atoms with E-state index in [2.05, 4.69) is 0 Å². The molecular formula is C17H11F4NO. The summed E-state index contributed by atoms with van der Waals surface area (Å²) in [7, 11) is 0. The molecule has 0 unspecified atom stereocenters. The molecule has 2 nitrogen and oxygen atoms in total. The second-order valence-electron chi connectivity index (χ2n) is 5.11. The number of hydrogen-bond acceptors (Lipinski definition) is 1. The third-order valence-corrected chi connectivity index (χ3v) is 3.59. The normalized spacial score (nSPS) is 11.8. The van der Waals surface area contributed by atoms with Crippen LogP contribution in [0.2, 0.25) is 0 Å². The number of fused-ring (bicyclic) bond motifs is 1. The molecule has 3 aromatic rings. The standard InChI is InChI=1S/C17H11F4NO/c18-14-7-3-1-5-11(14)9-22-10-13(16(23)17(19,20)21)12-6-2-4-8-15(12)22/h1-8,10H,9H2. The van der Waals surface area contributed by atoms with E-state index in [1.807, 2.05) is 0 Å². The van der Waals surface area contributed by atoms with Crippen molar-refractivity contribution >= 4 is 16.7 Å². The van der Waals surface area contributed by atoms with E-state index in [0.29, 0.717) is 11.1 Å². The van der Waals surface area contributed by atoms with Crippen LogP contribution in [0.15, 0.2) is 54.7 Å². The molecule has 0 aliphatic heterocycles. The number of carbonyl (C=O) groups is 1. The van der Waals surface area contributed by atoms with Gasteiger partial charge in [-0.15, -0.1) is 0 Å². The number of benzene rings is 2. The Bertz CT molecular complexity index is 880. The molecule has 0 bridgehead atoms. The maximum atomic E-state index is 13.8. The van der Waals surface area contributed by atoms with Crippen LogP contribution in [0.5, 0.6) is 0 Å². The van der Waals surface area contributed by atoms with Crippen molar-refractivity contribution in [3.05, 3.63) is 71.7 Å². The van der Waals surface area contributed by atoms with E-state index in [1.54, 1.807) is 30.3 Å². The van der Waals surface area contributed by atoms with E-state index in [1.165, 1.54) is 22.8 Å². The molecule has 0 saturated carbocycles. The molecule has 0 saturated heterocycles. The Kier molecular flexibility index (Phi) is 3.67. The average Bonchev–Trinajstić information content (AvgIpc) is 2.87. The van der Waals surface area contributed by atoms with Crippen LogP contribution in [0.1, 0.15) is 15.9 Å². The van der Waals surface area contributed by atoms with Gasteiger partial charge in [-0.3, -0.25) is 4.79 Å². The van der Waals surface area contributed by atoms with Gasteiger partial charge in [0, 0.05) is 22.7 Å². The Morgan fingerprint density at radius 2 is 1.65 bits per heavy atom. The highest BCUT2D eigenvalue weighted by Gasteiger charge is 2.40. The van der Waals surface area contributed by atoms with Crippen molar-refractivity contribution < 1.29 is 22.4 Å². The van der Waals surface area contributed by atoms with Crippen LogP contribution in [0.3, 0.4) is 0 Å². The summed E-state index contributed by atoms with van der Waals surface area (Å²) < 4.78 is 53.5. The lowest BCUT2D eigenvalue weighted by Gasteiger charge is -2.06. The number of ketones is 1. The van der Waals surface area contributed by atoms with Gasteiger partial charge in [-0.05, 0) is 12.1 Å². The third-order valence-electron chi connectivity index (χ3n) is 3.59. The second kappa shape index (κ2) is 5.53. The van der Waals surface area contributed by atoms with Crippen LogP contribution >= 0.6 is 0 Å². The zero-order chi connectivity index (χ0) is 16.6. The van der Waals surface area contributed by atoms with Crippen molar-refractivity contribution in [3.63, 3.8) is 0 Å². The smallest absolute Gasteiger partial charge is 0.342 e. The summed E-state index contributed by atoms with van der Waals surface area (Å²) in [5.74, 6) is -2.35. The van der Waals surface area contributed by atoms with Crippen LogP contribution in [0.4, 0.5) is 17.6 Å². The van der Waals surface area contributed by atoms with Crippen molar-refractivity contribution in [2.75, 3.05) is 0 Å². The molecule has 1 heterocycles. The summed E-state index contributed by atoms with van der Waals surface area (Å²) in [4.78, 5) is 11.6. The van der Waals surface area contributed by atoms with Gasteiger partial charge in [-0.25, -0.2) is 4.39 Å². The van der Waals surface area contributed by atoms with Crippen molar-refractivity contribution in [1.82, 2.24) is 4.57 Å². The maximum Gasteiger partial charge on any atom is 0.454 e. The Balaban J connectivity index is 2.12. The lowest BCUT2D eigenvalue weighted by molar-refractivity contribution is -0.0884. The molecule has 2 aromatic carbocycles. The summed E-state index contributed by atoms with van der Waals surface area (Å²) in [5, 5.41) is 0.200. The zero-order valence-corrected chi connectivity index (χ0v) is 11.8. The number of halogens is 4. The van der Waals surface area contributed by atoms with Gasteiger partial charge in [0.25, 0.3) is 5.78 Å². The molecule has 0 atom stereocenters. The van der Waals surface area contributed by atoms with Gasteiger partial charge in [0.1, 0.15) is 5.82 Å². The fourth-order valence-electron chi connectivity index (χ4n) is 2.52. The molecule has 0 radical (unpaired) electrons. The van der Waals surface area contributed by atoms with Gasteiger partial charge in [0.05, 0.1) is 12.1 Å². The van der Waals surface area contributed by atoms with Crippen LogP contribution in [-0.4, -0.2) is 16.5 Å². The van der Waals surface area contributed by atoms with E-state index in [-0.39, 0.29) is 11.9 Å². The minimum atomic E-state index is -4.95. The van der Waals surface area contributed by atoms with Crippen LogP contribution in [-0.2, 0) is 6.54 Å². The first kappa shape index (κ1) is 15.3. The Labute approximate surface area is 129 Å². The van der Waals surface area contributed by atoms with Crippen LogP contribution < -0.4 is 0 Å². The Morgan fingerprint density at radius 3 is 2.35 bits per heavy atom. The van der Waals surface area contributed by atoms with E-state index in [0.717, 1.165) is 6.20 Å². The minimum Gasteiger partial charge on any atom is -0.342 e. The number of nitrogens with zero attached hydrogens (tertiary/aromatic N) is 1. The van der Waals surface area contributed by atoms with Gasteiger partial charge >= 0.3 is 6.18 Å². The van der Waals surface area contributed by atoms with E-state index in [9.17, 15) is 22.4 Å². The molecule has 3 rings (SSSR count). The largest absolute Gasteiger partial charge is 0.454 e. The predicted octanol–water partition coefficient (Wildman–Crippen LogP) is 4.57. The number of aromatic nitrogens is 1. The van der Waals surface area contributed by atoms with Gasteiger partial charge in [0.15, 0.2) is 0 Å². The van der Waals surface area contributed by atoms with E-state index >= 15 is 0 Å². The van der Waals surface area contributed by atoms with Crippen molar-refractivity contribution in [1.29, 1.82) is 0 Å². The van der Waals surface area contributed by atoms with E-state index < -0.39 is 23.3 Å². The number of rotatable bonds is 3. The van der Waals surface area contributed by atoms with Gasteiger partial charge in [-0.2, -0.15) is 13.2 Å². The fourth-order valence-corrected chi connectivity index (χ4v) is 2.52. The molecule has 0 N–H and O–H groups in total. The molecule has 118 valence electrons. The molecule has 0 fully saturated rings. The van der Waals surface area contributed by atoms with E-state index in [4.69, 9.17) is 0 Å². The Morgan fingerprint density at radius 1 is 1.00 bits per heavy atom. The summed E-state index contributed by atoms with van der Waals surface area (Å²) in [6.07, 6.45) is -3.82. The van der Waals surface area contributed by atoms with Crippen LogP contribution in [0.25, 0.3) is 10.9 Å². The fraction of sp³-hybridized carbons (Fsp3) is 0.118. The molecule has 6 heteroatoms. The number of carbonyl (C=O) groups excluding carboxylic acids is 1. The molecule has 0 amide bonds. The second-order valence-corrected chi connectivity index (χ2v) is 5.11. The number of para-hydroxylation sites is 1. The summed E-state index contributed by atoms with van der Waals surface area (Å²) in [6.45, 7) is 0.0400. The molecule has 0 aliphatic rings. The van der Waals surface area contributed by atoms with Gasteiger partial charge in [-0.1, -0.05) is 36.4 Å². The number of Topliss-reactive ketones (excluding diaryl/α,β-unsaturated/α-hetero) is 1. The monoisotopic (exact) mass is 321 g/mol. The van der Waals surface area contributed by atoms with Gasteiger partial charge < -0.3 is 4.57 Å². The van der Waals surface area contributed by atoms with Crippen molar-refractivity contribution in [2.45, 2.75) is 12.7 Å². The maximum absolute atomic E-state index is 13.8. The quantitative estimate of drug-likeness (QED) is 0.511. The highest BCUT2D eigenvalue weighted by Crippen LogP contribution is 2.29. The number of hydrogen-bond donors (Lipinski definition) is 0. The summed E-state index contributed by atoms with van der Waals surface area (Å²) >= 11 is 0. The molecule has 0 aliphatic carbocycles. The topological polar surface area (TPSA) is 22.0 Å². The Hall–Kier alpha value is -2.63. The minimum absolute atomic E-state index is 0.0400.